The number of nitrogens with one attached hydrogen (secondary N) is 3. The minimum atomic E-state index is -0.863. The monoisotopic (exact) mass is 383 g/mol. The summed E-state index contributed by atoms with van der Waals surface area (Å²) >= 11 is 0. The van der Waals surface area contributed by atoms with E-state index in [0.717, 1.165) is 5.56 Å². The van der Waals surface area contributed by atoms with E-state index < -0.39 is 12.0 Å². The molecule has 0 aliphatic heterocycles. The second kappa shape index (κ2) is 10.1. The number of carboxylic acids is 1. The van der Waals surface area contributed by atoms with Crippen LogP contribution < -0.4 is 16.0 Å². The zero-order chi connectivity index (χ0) is 20.5. The van der Waals surface area contributed by atoms with Crippen molar-refractivity contribution in [1.29, 1.82) is 0 Å². The first-order valence-electron chi connectivity index (χ1n) is 9.10. The average molecular weight is 383 g/mol. The Balaban J connectivity index is 1.90. The lowest BCUT2D eigenvalue weighted by molar-refractivity contribution is -0.136. The summed E-state index contributed by atoms with van der Waals surface area (Å²) in [5, 5.41) is 17.0. The van der Waals surface area contributed by atoms with Crippen molar-refractivity contribution in [2.24, 2.45) is 5.92 Å². The fourth-order valence-electron chi connectivity index (χ4n) is 2.45. The highest BCUT2D eigenvalue weighted by molar-refractivity contribution is 6.00. The minimum absolute atomic E-state index is 0.0345. The van der Waals surface area contributed by atoms with Crippen LogP contribution in [0.1, 0.15) is 36.2 Å². The summed E-state index contributed by atoms with van der Waals surface area (Å²) in [4.78, 5) is 34.8. The molecule has 148 valence electrons. The molecule has 7 nitrogen and oxygen atoms in total. The fourth-order valence-corrected chi connectivity index (χ4v) is 2.45. The van der Waals surface area contributed by atoms with Crippen LogP contribution in [0.3, 0.4) is 0 Å². The Morgan fingerprint density at radius 2 is 1.64 bits per heavy atom. The molecule has 0 aromatic heterocycles. The largest absolute Gasteiger partial charge is 0.481 e. The van der Waals surface area contributed by atoms with Gasteiger partial charge in [0.2, 0.25) is 0 Å². The molecule has 2 aromatic rings. The van der Waals surface area contributed by atoms with Gasteiger partial charge in [0.1, 0.15) is 0 Å². The van der Waals surface area contributed by atoms with Crippen LogP contribution in [0.25, 0.3) is 0 Å². The van der Waals surface area contributed by atoms with Crippen molar-refractivity contribution >= 4 is 29.3 Å². The van der Waals surface area contributed by atoms with Gasteiger partial charge in [-0.2, -0.15) is 0 Å². The Bertz CT molecular complexity index is 832. The molecular formula is C21H25N3O4. The van der Waals surface area contributed by atoms with Crippen LogP contribution in [-0.2, 0) is 11.2 Å². The number of aliphatic carboxylic acids is 1. The number of hydrogen-bond donors (Lipinski definition) is 4. The van der Waals surface area contributed by atoms with Gasteiger partial charge in [0.15, 0.2) is 0 Å². The second-order valence-electron chi connectivity index (χ2n) is 6.85. The summed E-state index contributed by atoms with van der Waals surface area (Å²) in [5.41, 5.74) is 2.49. The van der Waals surface area contributed by atoms with Gasteiger partial charge in [0.05, 0.1) is 0 Å². The van der Waals surface area contributed by atoms with Gasteiger partial charge in [-0.1, -0.05) is 26.0 Å². The van der Waals surface area contributed by atoms with E-state index in [2.05, 4.69) is 16.0 Å². The molecule has 0 heterocycles. The maximum absolute atomic E-state index is 12.2. The van der Waals surface area contributed by atoms with Gasteiger partial charge in [-0.3, -0.25) is 9.59 Å². The molecule has 3 amide bonds. The molecule has 0 unspecified atom stereocenters. The molecular weight excluding hydrogens is 358 g/mol. The van der Waals surface area contributed by atoms with Crippen LogP contribution in [-0.4, -0.2) is 29.6 Å². The predicted molar refractivity (Wildman–Crippen MR) is 109 cm³/mol. The first-order chi connectivity index (χ1) is 13.3. The first kappa shape index (κ1) is 21.0. The van der Waals surface area contributed by atoms with E-state index in [1.165, 1.54) is 0 Å². The number of anilines is 2. The summed E-state index contributed by atoms with van der Waals surface area (Å²) in [6, 6.07) is 13.2. The van der Waals surface area contributed by atoms with E-state index in [1.54, 1.807) is 42.5 Å². The Hall–Kier alpha value is -3.35. The number of carboxylic acid groups (broad SMARTS) is 1. The van der Waals surface area contributed by atoms with Crippen LogP contribution in [0.4, 0.5) is 16.2 Å². The van der Waals surface area contributed by atoms with Crippen molar-refractivity contribution in [2.75, 3.05) is 17.2 Å². The number of urea groups is 1. The van der Waals surface area contributed by atoms with Gasteiger partial charge in [0.25, 0.3) is 5.91 Å². The summed E-state index contributed by atoms with van der Waals surface area (Å²) in [6.07, 6.45) is 0.430. The number of carbonyl (C=O) groups is 3. The summed E-state index contributed by atoms with van der Waals surface area (Å²) < 4.78 is 0. The highest BCUT2D eigenvalue weighted by Crippen LogP contribution is 2.14. The molecule has 0 radical (unpaired) electrons. The normalized spacial score (nSPS) is 10.4. The second-order valence-corrected chi connectivity index (χ2v) is 6.85. The molecule has 0 saturated heterocycles. The third-order valence-corrected chi connectivity index (χ3v) is 3.89. The predicted octanol–water partition coefficient (Wildman–Crippen LogP) is 3.73. The number of rotatable bonds is 8. The molecule has 0 aliphatic rings. The van der Waals surface area contributed by atoms with Crippen LogP contribution in [0.15, 0.2) is 48.5 Å². The van der Waals surface area contributed by atoms with E-state index in [0.29, 0.717) is 35.8 Å². The molecule has 2 aromatic carbocycles. The third kappa shape index (κ3) is 7.11. The smallest absolute Gasteiger partial charge is 0.323 e. The van der Waals surface area contributed by atoms with Crippen molar-refractivity contribution in [2.45, 2.75) is 26.7 Å². The molecule has 0 bridgehead atoms. The van der Waals surface area contributed by atoms with Gasteiger partial charge in [0, 0.05) is 29.9 Å². The van der Waals surface area contributed by atoms with E-state index in [9.17, 15) is 14.4 Å². The molecule has 2 rings (SSSR count). The van der Waals surface area contributed by atoms with E-state index in [1.807, 2.05) is 19.9 Å². The van der Waals surface area contributed by atoms with Crippen molar-refractivity contribution < 1.29 is 19.5 Å². The topological polar surface area (TPSA) is 108 Å². The third-order valence-electron chi connectivity index (χ3n) is 3.89. The Morgan fingerprint density at radius 1 is 0.964 bits per heavy atom. The SMILES string of the molecule is CC(C)CNC(=O)c1ccc(NC(=O)Nc2cccc(CCC(=O)O)c2)cc1. The van der Waals surface area contributed by atoms with Crippen molar-refractivity contribution in [3.05, 3.63) is 59.7 Å². The molecule has 0 spiro atoms. The number of amides is 3. The highest BCUT2D eigenvalue weighted by atomic mass is 16.4. The molecule has 7 heteroatoms. The number of hydrogen-bond acceptors (Lipinski definition) is 3. The lowest BCUT2D eigenvalue weighted by Gasteiger charge is -2.10. The van der Waals surface area contributed by atoms with Crippen LogP contribution >= 0.6 is 0 Å². The van der Waals surface area contributed by atoms with Crippen LogP contribution in [0, 0.1) is 5.92 Å². The number of carbonyl (C=O) groups excluding carboxylic acids is 2. The zero-order valence-corrected chi connectivity index (χ0v) is 16.0. The van der Waals surface area contributed by atoms with Crippen molar-refractivity contribution in [3.8, 4) is 0 Å². The quantitative estimate of drug-likeness (QED) is 0.557. The maximum atomic E-state index is 12.2. The lowest BCUT2D eigenvalue weighted by atomic mass is 10.1. The van der Waals surface area contributed by atoms with E-state index in [4.69, 9.17) is 5.11 Å². The Labute approximate surface area is 164 Å². The molecule has 4 N–H and O–H groups in total. The van der Waals surface area contributed by atoms with Gasteiger partial charge in [-0.25, -0.2) is 4.79 Å². The van der Waals surface area contributed by atoms with Crippen molar-refractivity contribution in [1.82, 2.24) is 5.32 Å². The molecule has 0 atom stereocenters. The van der Waals surface area contributed by atoms with E-state index >= 15 is 0 Å². The zero-order valence-electron chi connectivity index (χ0n) is 16.0. The van der Waals surface area contributed by atoms with Gasteiger partial charge >= 0.3 is 12.0 Å². The summed E-state index contributed by atoms with van der Waals surface area (Å²) in [7, 11) is 0. The van der Waals surface area contributed by atoms with E-state index in [-0.39, 0.29) is 12.3 Å². The standard InChI is InChI=1S/C21H25N3O4/c1-14(2)13-22-20(27)16-7-9-17(10-8-16)23-21(28)24-18-5-3-4-15(12-18)6-11-19(25)26/h3-5,7-10,12,14H,6,11,13H2,1-2H3,(H,22,27)(H,25,26)(H2,23,24,28). The van der Waals surface area contributed by atoms with Gasteiger partial charge in [-0.15, -0.1) is 0 Å². The van der Waals surface area contributed by atoms with Gasteiger partial charge < -0.3 is 21.1 Å². The Kier molecular flexibility index (Phi) is 7.56. The highest BCUT2D eigenvalue weighted by Gasteiger charge is 2.08. The first-order valence-corrected chi connectivity index (χ1v) is 9.10. The van der Waals surface area contributed by atoms with Crippen LogP contribution in [0.2, 0.25) is 0 Å². The Morgan fingerprint density at radius 3 is 2.29 bits per heavy atom. The summed E-state index contributed by atoms with van der Waals surface area (Å²) in [6.45, 7) is 4.65. The molecule has 0 fully saturated rings. The maximum Gasteiger partial charge on any atom is 0.323 e. The molecule has 28 heavy (non-hydrogen) atoms. The van der Waals surface area contributed by atoms with Crippen LogP contribution in [0.5, 0.6) is 0 Å². The minimum Gasteiger partial charge on any atom is -0.481 e. The van der Waals surface area contributed by atoms with Crippen molar-refractivity contribution in [3.63, 3.8) is 0 Å². The lowest BCUT2D eigenvalue weighted by Crippen LogP contribution is -2.27. The summed E-state index contributed by atoms with van der Waals surface area (Å²) in [5.74, 6) is -0.642. The molecule has 0 aliphatic carbocycles. The van der Waals surface area contributed by atoms with Gasteiger partial charge in [-0.05, 0) is 54.3 Å². The fraction of sp³-hybridized carbons (Fsp3) is 0.286. The number of benzene rings is 2. The number of aryl methyl sites for hydroxylation is 1. The average Bonchev–Trinajstić information content (AvgIpc) is 2.65. The molecule has 0 saturated carbocycles.